The molecule has 3 aliphatic heterocycles. The highest BCUT2D eigenvalue weighted by molar-refractivity contribution is 5.79. The number of ether oxygens (including phenoxy) is 1. The van der Waals surface area contributed by atoms with Crippen LogP contribution in [-0.2, 0) is 9.53 Å². The van der Waals surface area contributed by atoms with E-state index < -0.39 is 24.0 Å². The largest absolute Gasteiger partial charge is 0.394 e. The van der Waals surface area contributed by atoms with Crippen molar-refractivity contribution in [3.63, 3.8) is 0 Å². The van der Waals surface area contributed by atoms with E-state index in [9.17, 15) is 15.0 Å². The second-order valence-electron chi connectivity index (χ2n) is 4.10. The van der Waals surface area contributed by atoms with Crippen molar-refractivity contribution in [3.8, 4) is 0 Å². The van der Waals surface area contributed by atoms with Crippen molar-refractivity contribution in [1.29, 1.82) is 0 Å². The van der Waals surface area contributed by atoms with Gasteiger partial charge in [0.15, 0.2) is 6.23 Å². The molecule has 0 aromatic rings. The van der Waals surface area contributed by atoms with Crippen molar-refractivity contribution in [2.24, 2.45) is 0 Å². The molecule has 0 saturated carbocycles. The maximum atomic E-state index is 11.1. The molecule has 3 rings (SSSR count). The highest BCUT2D eigenvalue weighted by atomic mass is 16.6. The van der Waals surface area contributed by atoms with Crippen molar-refractivity contribution in [1.82, 2.24) is 10.0 Å². The van der Waals surface area contributed by atoms with Gasteiger partial charge in [-0.15, -0.1) is 0 Å². The Hall–Kier alpha value is -0.730. The number of carbonyl (C=O) groups is 1. The summed E-state index contributed by atoms with van der Waals surface area (Å²) in [6.07, 6.45) is -3.41. The average Bonchev–Trinajstić information content (AvgIpc) is 3.01. The first kappa shape index (κ1) is 9.49. The molecule has 1 amide bonds. The summed E-state index contributed by atoms with van der Waals surface area (Å²) >= 11 is 0. The van der Waals surface area contributed by atoms with Gasteiger partial charge in [0.1, 0.15) is 18.3 Å². The summed E-state index contributed by atoms with van der Waals surface area (Å²) in [6.45, 7) is 1.04. The summed E-state index contributed by atoms with van der Waals surface area (Å²) in [6, 6.07) is 0. The number of hydrogen-bond acceptors (Lipinski definition) is 6. The number of amides is 1. The average molecular weight is 216 g/mol. The Morgan fingerprint density at radius 1 is 1.53 bits per heavy atom. The number of rotatable bonds is 1. The fraction of sp³-hybridized carbons (Fsp3) is 0.875. The van der Waals surface area contributed by atoms with E-state index >= 15 is 0 Å². The van der Waals surface area contributed by atoms with E-state index in [1.165, 1.54) is 11.9 Å². The minimum Gasteiger partial charge on any atom is -0.394 e. The van der Waals surface area contributed by atoms with Gasteiger partial charge < -0.3 is 20.1 Å². The molecule has 0 aromatic heterocycles. The quantitative estimate of drug-likeness (QED) is 0.410. The lowest BCUT2D eigenvalue weighted by molar-refractivity contribution is -0.194. The number of aliphatic hydroxyl groups is 3. The Kier molecular flexibility index (Phi) is 1.58. The molecule has 84 valence electrons. The van der Waals surface area contributed by atoms with Crippen LogP contribution in [0.25, 0.3) is 0 Å². The van der Waals surface area contributed by atoms with Gasteiger partial charge in [-0.1, -0.05) is 0 Å². The Morgan fingerprint density at radius 3 is 2.73 bits per heavy atom. The SMILES string of the molecule is CC(=O)N1N2[C@@H]3O[C@H](CO)[C@@H](O)[C@H](O)[C@]312. The van der Waals surface area contributed by atoms with Gasteiger partial charge in [-0.25, -0.2) is 5.01 Å². The van der Waals surface area contributed by atoms with E-state index in [1.54, 1.807) is 5.01 Å². The maximum absolute atomic E-state index is 11.1. The van der Waals surface area contributed by atoms with Gasteiger partial charge in [0.05, 0.1) is 6.61 Å². The van der Waals surface area contributed by atoms with Crippen LogP contribution in [0.3, 0.4) is 0 Å². The maximum Gasteiger partial charge on any atom is 0.235 e. The molecule has 3 saturated heterocycles. The molecule has 3 fully saturated rings. The van der Waals surface area contributed by atoms with Crippen molar-refractivity contribution in [2.75, 3.05) is 6.61 Å². The van der Waals surface area contributed by atoms with Crippen molar-refractivity contribution >= 4 is 5.91 Å². The topological polar surface area (TPSA) is 93.0 Å². The van der Waals surface area contributed by atoms with Crippen molar-refractivity contribution in [3.05, 3.63) is 0 Å². The minimum atomic E-state index is -1.17. The first-order valence-electron chi connectivity index (χ1n) is 4.79. The van der Waals surface area contributed by atoms with Gasteiger partial charge >= 0.3 is 0 Å². The van der Waals surface area contributed by atoms with Gasteiger partial charge in [-0.05, 0) is 0 Å². The summed E-state index contributed by atoms with van der Waals surface area (Å²) in [5, 5.41) is 31.3. The number of nitrogens with zero attached hydrogens (tertiary/aromatic N) is 2. The summed E-state index contributed by atoms with van der Waals surface area (Å²) in [5.74, 6) is -0.191. The summed E-state index contributed by atoms with van der Waals surface area (Å²) in [5.41, 5.74) is -0.850. The van der Waals surface area contributed by atoms with Gasteiger partial charge in [0.25, 0.3) is 0 Å². The van der Waals surface area contributed by atoms with Crippen LogP contribution < -0.4 is 0 Å². The second kappa shape index (κ2) is 2.50. The fourth-order valence-corrected chi connectivity index (χ4v) is 2.49. The summed E-state index contributed by atoms with van der Waals surface area (Å²) < 4.78 is 5.30. The summed E-state index contributed by atoms with van der Waals surface area (Å²) in [7, 11) is 0. The van der Waals surface area contributed by atoms with Crippen LogP contribution in [0.2, 0.25) is 0 Å². The Balaban J connectivity index is 1.81. The lowest BCUT2D eigenvalue weighted by atomic mass is 9.98. The minimum absolute atomic E-state index is 0.191. The molecule has 1 unspecified atom stereocenters. The predicted molar refractivity (Wildman–Crippen MR) is 44.9 cm³/mol. The van der Waals surface area contributed by atoms with Gasteiger partial charge in [-0.3, -0.25) is 4.79 Å². The lowest BCUT2D eigenvalue weighted by Crippen LogP contribution is -2.57. The first-order valence-corrected chi connectivity index (χ1v) is 4.79. The van der Waals surface area contributed by atoms with Gasteiger partial charge in [0, 0.05) is 6.92 Å². The molecule has 1 spiro atoms. The van der Waals surface area contributed by atoms with Gasteiger partial charge in [-0.2, -0.15) is 5.01 Å². The molecule has 0 aliphatic carbocycles. The van der Waals surface area contributed by atoms with Crippen LogP contribution in [-0.4, -0.2) is 68.1 Å². The Bertz CT molecular complexity index is 337. The number of hydrogen-bond donors (Lipinski definition) is 3. The third-order valence-electron chi connectivity index (χ3n) is 3.32. The highest BCUT2D eigenvalue weighted by Gasteiger charge is 2.93. The molecule has 3 heterocycles. The smallest absolute Gasteiger partial charge is 0.235 e. The number of fused-ring (bicyclic) bond motifs is 1. The molecule has 7 nitrogen and oxygen atoms in total. The number of aliphatic hydroxyl groups excluding tert-OH is 3. The zero-order valence-corrected chi connectivity index (χ0v) is 8.07. The first-order chi connectivity index (χ1) is 7.06. The van der Waals surface area contributed by atoms with E-state index in [0.717, 1.165) is 0 Å². The molecule has 0 bridgehead atoms. The Labute approximate surface area is 85.4 Å². The number of hydrazine groups is 1. The molecule has 0 aromatic carbocycles. The van der Waals surface area contributed by atoms with Crippen LogP contribution >= 0.6 is 0 Å². The van der Waals surface area contributed by atoms with Crippen molar-refractivity contribution < 1.29 is 24.9 Å². The van der Waals surface area contributed by atoms with Crippen molar-refractivity contribution in [2.45, 2.75) is 37.1 Å². The van der Waals surface area contributed by atoms with E-state index in [0.29, 0.717) is 0 Å². The zero-order chi connectivity index (χ0) is 11.0. The van der Waals surface area contributed by atoms with E-state index in [2.05, 4.69) is 0 Å². The monoisotopic (exact) mass is 216 g/mol. The molecule has 15 heavy (non-hydrogen) atoms. The third-order valence-corrected chi connectivity index (χ3v) is 3.32. The molecular weight excluding hydrogens is 204 g/mol. The van der Waals surface area contributed by atoms with Crippen LogP contribution in [0.4, 0.5) is 0 Å². The Morgan fingerprint density at radius 2 is 2.20 bits per heavy atom. The van der Waals surface area contributed by atoms with E-state index in [-0.39, 0.29) is 18.7 Å². The normalized spacial score (nSPS) is 55.7. The molecule has 7 heteroatoms. The lowest BCUT2D eigenvalue weighted by Gasteiger charge is -2.35. The zero-order valence-electron chi connectivity index (χ0n) is 8.07. The standard InChI is InChI=1S/C8H12N2O5/c1-3(12)9-8-6(14)5(13)4(2-11)15-7(8)10(8)9/h4-7,11,13-14H,2H2,1H3/t4-,5-,6+,7-,8+,9?,10?/m1/s1. The van der Waals surface area contributed by atoms with Gasteiger partial charge in [0.2, 0.25) is 11.6 Å². The molecule has 6 atom stereocenters. The predicted octanol–water partition coefficient (Wildman–Crippen LogP) is -2.79. The molecule has 0 radical (unpaired) electrons. The highest BCUT2D eigenvalue weighted by Crippen LogP contribution is 2.66. The third kappa shape index (κ3) is 0.822. The van der Waals surface area contributed by atoms with Crippen LogP contribution in [0.5, 0.6) is 0 Å². The van der Waals surface area contributed by atoms with Crippen LogP contribution in [0.1, 0.15) is 6.92 Å². The summed E-state index contributed by atoms with van der Waals surface area (Å²) in [4.78, 5) is 11.1. The fourth-order valence-electron chi connectivity index (χ4n) is 2.49. The molecule has 3 aliphatic rings. The van der Waals surface area contributed by atoms with E-state index in [1.807, 2.05) is 0 Å². The van der Waals surface area contributed by atoms with Crippen LogP contribution in [0, 0.1) is 0 Å². The van der Waals surface area contributed by atoms with E-state index in [4.69, 9.17) is 9.84 Å². The molecular formula is C8H12N2O5. The molecule has 3 N–H and O–H groups in total. The van der Waals surface area contributed by atoms with Crippen LogP contribution in [0.15, 0.2) is 0 Å². The second-order valence-corrected chi connectivity index (χ2v) is 4.10. The number of carbonyl (C=O) groups excluding carboxylic acids is 1.